The molecule has 11 heavy (non-hydrogen) atoms. The Hall–Kier alpha value is -1.06. The molecule has 0 saturated carbocycles. The maximum atomic E-state index is 10.8. The van der Waals surface area contributed by atoms with Crippen LogP contribution in [0.1, 0.15) is 20.3 Å². The van der Waals surface area contributed by atoms with Gasteiger partial charge >= 0.3 is 11.9 Å². The Labute approximate surface area is 65.8 Å². The van der Waals surface area contributed by atoms with Gasteiger partial charge in [-0.3, -0.25) is 4.79 Å². The second-order valence-electron chi connectivity index (χ2n) is 2.19. The predicted molar refractivity (Wildman–Crippen MR) is 40.2 cm³/mol. The summed E-state index contributed by atoms with van der Waals surface area (Å²) < 4.78 is 0. The summed E-state index contributed by atoms with van der Waals surface area (Å²) in [6.45, 7) is 4.63. The van der Waals surface area contributed by atoms with Gasteiger partial charge in [0.25, 0.3) is 0 Å². The number of carboxylic acid groups (broad SMARTS) is 1. The highest BCUT2D eigenvalue weighted by Gasteiger charge is 2.17. The van der Waals surface area contributed by atoms with Crippen molar-refractivity contribution in [2.24, 2.45) is 0 Å². The van der Waals surface area contributed by atoms with Crippen LogP contribution in [0.25, 0.3) is 0 Å². The summed E-state index contributed by atoms with van der Waals surface area (Å²) in [6, 6.07) is 0. The first kappa shape index (κ1) is 9.94. The second-order valence-corrected chi connectivity index (χ2v) is 2.19. The summed E-state index contributed by atoms with van der Waals surface area (Å²) in [6.07, 6.45) is 0.785. The molecule has 4 nitrogen and oxygen atoms in total. The van der Waals surface area contributed by atoms with Crippen molar-refractivity contribution in [3.8, 4) is 0 Å². The van der Waals surface area contributed by atoms with Gasteiger partial charge in [0.15, 0.2) is 0 Å². The first-order valence-electron chi connectivity index (χ1n) is 3.65. The lowest BCUT2D eigenvalue weighted by Crippen LogP contribution is -2.36. The van der Waals surface area contributed by atoms with Crippen molar-refractivity contribution in [3.05, 3.63) is 0 Å². The van der Waals surface area contributed by atoms with E-state index >= 15 is 0 Å². The summed E-state index contributed by atoms with van der Waals surface area (Å²) in [4.78, 5) is 22.3. The Morgan fingerprint density at radius 3 is 2.18 bits per heavy atom. The van der Waals surface area contributed by atoms with Gasteiger partial charge in [0.2, 0.25) is 0 Å². The number of carboxylic acids is 1. The summed E-state index contributed by atoms with van der Waals surface area (Å²) in [5, 5.41) is 8.32. The average Bonchev–Trinajstić information content (AvgIpc) is 1.98. The predicted octanol–water partition coefficient (Wildman–Crippen LogP) is 0.329. The van der Waals surface area contributed by atoms with E-state index in [1.54, 1.807) is 6.92 Å². The average molecular weight is 159 g/mol. The number of hydrogen-bond acceptors (Lipinski definition) is 2. The minimum absolute atomic E-state index is 0.457. The topological polar surface area (TPSA) is 57.6 Å². The Balaban J connectivity index is 4.02. The molecule has 0 aromatic heterocycles. The van der Waals surface area contributed by atoms with E-state index in [1.807, 2.05) is 6.92 Å². The van der Waals surface area contributed by atoms with E-state index in [9.17, 15) is 9.59 Å². The molecule has 0 aliphatic rings. The molecule has 0 spiro atoms. The lowest BCUT2D eigenvalue weighted by atomic mass is 10.4. The summed E-state index contributed by atoms with van der Waals surface area (Å²) in [5.41, 5.74) is 0. The molecular formula is C7H13NO3. The van der Waals surface area contributed by atoms with Gasteiger partial charge in [-0.15, -0.1) is 0 Å². The van der Waals surface area contributed by atoms with Crippen molar-refractivity contribution in [1.29, 1.82) is 0 Å². The highest BCUT2D eigenvalue weighted by atomic mass is 16.4. The van der Waals surface area contributed by atoms with E-state index < -0.39 is 11.9 Å². The molecule has 0 aliphatic heterocycles. The molecule has 0 aliphatic carbocycles. The number of aliphatic carboxylic acids is 1. The minimum atomic E-state index is -1.37. The minimum Gasteiger partial charge on any atom is -0.474 e. The Bertz CT molecular complexity index is 156. The monoisotopic (exact) mass is 159 g/mol. The van der Waals surface area contributed by atoms with E-state index in [-0.39, 0.29) is 0 Å². The highest BCUT2D eigenvalue weighted by Crippen LogP contribution is 1.91. The molecule has 1 amide bonds. The van der Waals surface area contributed by atoms with E-state index in [4.69, 9.17) is 5.11 Å². The Morgan fingerprint density at radius 1 is 1.36 bits per heavy atom. The third-order valence-corrected chi connectivity index (χ3v) is 1.35. The maximum Gasteiger partial charge on any atom is 0.394 e. The van der Waals surface area contributed by atoms with Crippen molar-refractivity contribution in [1.82, 2.24) is 4.90 Å². The lowest BCUT2D eigenvalue weighted by Gasteiger charge is -2.16. The smallest absolute Gasteiger partial charge is 0.394 e. The van der Waals surface area contributed by atoms with Crippen LogP contribution in [-0.4, -0.2) is 35.0 Å². The zero-order valence-corrected chi connectivity index (χ0v) is 6.83. The normalized spacial score (nSPS) is 9.27. The third-order valence-electron chi connectivity index (χ3n) is 1.35. The van der Waals surface area contributed by atoms with Crippen LogP contribution in [0.15, 0.2) is 0 Å². The third kappa shape index (κ3) is 3.02. The van der Waals surface area contributed by atoms with Gasteiger partial charge in [-0.25, -0.2) is 4.79 Å². The van der Waals surface area contributed by atoms with Crippen LogP contribution in [-0.2, 0) is 9.59 Å². The van der Waals surface area contributed by atoms with Crippen molar-refractivity contribution >= 4 is 11.9 Å². The van der Waals surface area contributed by atoms with Gasteiger partial charge < -0.3 is 10.0 Å². The fourth-order valence-corrected chi connectivity index (χ4v) is 0.808. The van der Waals surface area contributed by atoms with Crippen molar-refractivity contribution < 1.29 is 14.7 Å². The number of hydrogen-bond donors (Lipinski definition) is 1. The molecule has 1 N–H and O–H groups in total. The molecule has 0 radical (unpaired) electrons. The summed E-state index contributed by atoms with van der Waals surface area (Å²) in [7, 11) is 0. The molecule has 64 valence electrons. The van der Waals surface area contributed by atoms with Crippen molar-refractivity contribution in [3.63, 3.8) is 0 Å². The molecule has 0 unspecified atom stereocenters. The number of rotatable bonds is 3. The molecule has 0 heterocycles. The largest absolute Gasteiger partial charge is 0.474 e. The van der Waals surface area contributed by atoms with Crippen LogP contribution in [0.3, 0.4) is 0 Å². The van der Waals surface area contributed by atoms with Crippen LogP contribution in [0.4, 0.5) is 0 Å². The number of likely N-dealkylation sites (N-methyl/N-ethyl adjacent to an activating group) is 1. The van der Waals surface area contributed by atoms with Gasteiger partial charge in [-0.2, -0.15) is 0 Å². The molecule has 0 bridgehead atoms. The standard InChI is InChI=1S/C7H13NO3/c1-3-5-8(4-2)6(9)7(10)11/h3-5H2,1-2H3,(H,10,11). The maximum absolute atomic E-state index is 10.8. The van der Waals surface area contributed by atoms with Gasteiger partial charge in [0, 0.05) is 13.1 Å². The lowest BCUT2D eigenvalue weighted by molar-refractivity contribution is -0.155. The van der Waals surface area contributed by atoms with E-state index in [0.29, 0.717) is 13.1 Å². The van der Waals surface area contributed by atoms with E-state index in [0.717, 1.165) is 6.42 Å². The number of nitrogens with zero attached hydrogens (tertiary/aromatic N) is 1. The van der Waals surface area contributed by atoms with Crippen LogP contribution in [0, 0.1) is 0 Å². The highest BCUT2D eigenvalue weighted by molar-refractivity contribution is 6.31. The molecule has 0 fully saturated rings. The molecule has 0 saturated heterocycles. The van der Waals surface area contributed by atoms with Crippen molar-refractivity contribution in [2.45, 2.75) is 20.3 Å². The first-order chi connectivity index (χ1) is 5.13. The van der Waals surface area contributed by atoms with E-state index in [2.05, 4.69) is 0 Å². The Morgan fingerprint density at radius 2 is 1.91 bits per heavy atom. The number of amides is 1. The fourth-order valence-electron chi connectivity index (χ4n) is 0.808. The zero-order valence-electron chi connectivity index (χ0n) is 6.83. The number of carbonyl (C=O) groups excluding carboxylic acids is 1. The first-order valence-corrected chi connectivity index (χ1v) is 3.65. The van der Waals surface area contributed by atoms with Crippen LogP contribution >= 0.6 is 0 Å². The summed E-state index contributed by atoms with van der Waals surface area (Å²) >= 11 is 0. The zero-order chi connectivity index (χ0) is 8.85. The van der Waals surface area contributed by atoms with Gasteiger partial charge in [0.1, 0.15) is 0 Å². The molecule has 0 aromatic rings. The van der Waals surface area contributed by atoms with Gasteiger partial charge in [-0.05, 0) is 13.3 Å². The fraction of sp³-hybridized carbons (Fsp3) is 0.714. The van der Waals surface area contributed by atoms with E-state index in [1.165, 1.54) is 4.90 Å². The molecule has 0 rings (SSSR count). The molecule has 4 heteroatoms. The van der Waals surface area contributed by atoms with Crippen LogP contribution in [0.5, 0.6) is 0 Å². The number of carbonyl (C=O) groups is 2. The second kappa shape index (κ2) is 4.71. The van der Waals surface area contributed by atoms with Crippen LogP contribution in [0.2, 0.25) is 0 Å². The Kier molecular flexibility index (Phi) is 4.26. The van der Waals surface area contributed by atoms with Gasteiger partial charge in [0.05, 0.1) is 0 Å². The SMILES string of the molecule is CCCN(CC)C(=O)C(=O)O. The molecule has 0 atom stereocenters. The summed E-state index contributed by atoms with van der Waals surface area (Å²) in [5.74, 6) is -2.19. The molecule has 0 aromatic carbocycles. The molecular weight excluding hydrogens is 146 g/mol. The quantitative estimate of drug-likeness (QED) is 0.604. The van der Waals surface area contributed by atoms with Gasteiger partial charge in [-0.1, -0.05) is 6.92 Å². The van der Waals surface area contributed by atoms with Crippen molar-refractivity contribution in [2.75, 3.05) is 13.1 Å². The van der Waals surface area contributed by atoms with Crippen LogP contribution < -0.4 is 0 Å².